The number of aliphatic carboxylic acids is 2. The molecule has 0 bridgehead atoms. The second-order valence-electron chi connectivity index (χ2n) is 4.68. The third kappa shape index (κ3) is 5.58. The maximum Gasteiger partial charge on any atom is 0.414 e. The number of hydrogen-bond donors (Lipinski definition) is 2. The molecule has 11 heteroatoms. The summed E-state index contributed by atoms with van der Waals surface area (Å²) in [5.74, 6) is -3.53. The molecule has 9 nitrogen and oxygen atoms in total. The highest BCUT2D eigenvalue weighted by molar-refractivity contribution is 7.89. The molecule has 1 aliphatic heterocycles. The Morgan fingerprint density at radius 1 is 1.12 bits per heavy atom. The van der Waals surface area contributed by atoms with E-state index in [1.165, 1.54) is 15.6 Å². The average molecular weight is 378 g/mol. The fraction of sp³-hybridized carbons (Fsp3) is 0.462. The normalized spacial score (nSPS) is 15.3. The number of carbonyl (C=O) groups excluding carboxylic acids is 1. The van der Waals surface area contributed by atoms with Crippen molar-refractivity contribution in [3.05, 3.63) is 22.4 Å². The summed E-state index contributed by atoms with van der Waals surface area (Å²) in [7, 11) is -3.13. The maximum atomic E-state index is 12.1. The van der Waals surface area contributed by atoms with Crippen molar-refractivity contribution in [1.82, 2.24) is 9.21 Å². The highest BCUT2D eigenvalue weighted by Gasteiger charge is 2.28. The Labute approximate surface area is 143 Å². The van der Waals surface area contributed by atoms with Crippen molar-refractivity contribution in [3.8, 4) is 0 Å². The van der Waals surface area contributed by atoms with Gasteiger partial charge in [-0.25, -0.2) is 18.0 Å². The zero-order valence-electron chi connectivity index (χ0n) is 12.9. The molecule has 2 heterocycles. The van der Waals surface area contributed by atoms with Crippen molar-refractivity contribution in [2.24, 2.45) is 0 Å². The molecule has 0 saturated carbocycles. The van der Waals surface area contributed by atoms with Gasteiger partial charge in [0.15, 0.2) is 0 Å². The summed E-state index contributed by atoms with van der Waals surface area (Å²) in [5, 5.41) is 16.6. The van der Waals surface area contributed by atoms with Crippen LogP contribution in [0, 0.1) is 0 Å². The van der Waals surface area contributed by atoms with E-state index < -0.39 is 22.0 Å². The molecule has 0 atom stereocenters. The molecule has 134 valence electrons. The van der Waals surface area contributed by atoms with Crippen LogP contribution in [0.15, 0.2) is 17.5 Å². The van der Waals surface area contributed by atoms with Gasteiger partial charge in [-0.2, -0.15) is 4.31 Å². The highest BCUT2D eigenvalue weighted by Crippen LogP contribution is 2.15. The van der Waals surface area contributed by atoms with Gasteiger partial charge in [-0.3, -0.25) is 4.79 Å². The van der Waals surface area contributed by atoms with Crippen LogP contribution >= 0.6 is 11.3 Å². The number of piperazine rings is 1. The fourth-order valence-electron chi connectivity index (χ4n) is 1.91. The highest BCUT2D eigenvalue weighted by atomic mass is 32.2. The van der Waals surface area contributed by atoms with E-state index in [9.17, 15) is 13.2 Å². The first-order valence-electron chi connectivity index (χ1n) is 6.95. The number of carboxylic acid groups (broad SMARTS) is 2. The Balaban J connectivity index is 0.000000413. The van der Waals surface area contributed by atoms with E-state index in [0.717, 1.165) is 0 Å². The molecular weight excluding hydrogens is 360 g/mol. The van der Waals surface area contributed by atoms with Gasteiger partial charge in [-0.1, -0.05) is 6.07 Å². The average Bonchev–Trinajstić information content (AvgIpc) is 3.09. The van der Waals surface area contributed by atoms with Crippen molar-refractivity contribution in [3.63, 3.8) is 0 Å². The van der Waals surface area contributed by atoms with E-state index in [1.54, 1.807) is 17.9 Å². The first-order valence-corrected chi connectivity index (χ1v) is 9.44. The predicted molar refractivity (Wildman–Crippen MR) is 86.5 cm³/mol. The van der Waals surface area contributed by atoms with Gasteiger partial charge >= 0.3 is 11.9 Å². The summed E-state index contributed by atoms with van der Waals surface area (Å²) in [6.07, 6.45) is 0. The number of nitrogens with zero attached hydrogens (tertiary/aromatic N) is 2. The van der Waals surface area contributed by atoms with Gasteiger partial charge in [-0.15, -0.1) is 11.3 Å². The monoisotopic (exact) mass is 378 g/mol. The summed E-state index contributed by atoms with van der Waals surface area (Å²) >= 11 is 1.41. The molecule has 1 saturated heterocycles. The van der Waals surface area contributed by atoms with Crippen LogP contribution in [0.5, 0.6) is 0 Å². The lowest BCUT2D eigenvalue weighted by Gasteiger charge is -2.33. The van der Waals surface area contributed by atoms with Crippen LogP contribution in [0.25, 0.3) is 0 Å². The maximum absolute atomic E-state index is 12.1. The number of sulfonamides is 1. The number of carboxylic acids is 2. The van der Waals surface area contributed by atoms with Crippen LogP contribution in [0.4, 0.5) is 0 Å². The number of carbonyl (C=O) groups is 3. The van der Waals surface area contributed by atoms with Crippen molar-refractivity contribution in [2.45, 2.75) is 6.92 Å². The van der Waals surface area contributed by atoms with Crippen LogP contribution in [0.2, 0.25) is 0 Å². The molecule has 0 radical (unpaired) electrons. The number of hydrogen-bond acceptors (Lipinski definition) is 6. The van der Waals surface area contributed by atoms with Gasteiger partial charge < -0.3 is 15.1 Å². The van der Waals surface area contributed by atoms with Crippen molar-refractivity contribution >= 4 is 39.2 Å². The molecule has 1 amide bonds. The summed E-state index contributed by atoms with van der Waals surface area (Å²) in [4.78, 5) is 32.7. The molecule has 1 fully saturated rings. The lowest BCUT2D eigenvalue weighted by atomic mass is 10.3. The Morgan fingerprint density at radius 2 is 1.67 bits per heavy atom. The van der Waals surface area contributed by atoms with Gasteiger partial charge in [-0.05, 0) is 18.4 Å². The molecule has 1 aromatic rings. The largest absolute Gasteiger partial charge is 0.473 e. The van der Waals surface area contributed by atoms with Crippen LogP contribution in [-0.2, 0) is 19.6 Å². The van der Waals surface area contributed by atoms with E-state index in [0.29, 0.717) is 31.1 Å². The molecule has 1 aromatic heterocycles. The minimum Gasteiger partial charge on any atom is -0.473 e. The van der Waals surface area contributed by atoms with Crippen molar-refractivity contribution in [2.75, 3.05) is 31.9 Å². The van der Waals surface area contributed by atoms with Crippen LogP contribution in [0.1, 0.15) is 16.6 Å². The topological polar surface area (TPSA) is 132 Å². The smallest absolute Gasteiger partial charge is 0.414 e. The zero-order valence-corrected chi connectivity index (χ0v) is 14.5. The Bertz CT molecular complexity index is 665. The second kappa shape index (κ2) is 8.76. The van der Waals surface area contributed by atoms with Crippen LogP contribution < -0.4 is 0 Å². The van der Waals surface area contributed by atoms with Gasteiger partial charge in [0, 0.05) is 26.2 Å². The lowest BCUT2D eigenvalue weighted by molar-refractivity contribution is -0.159. The molecule has 0 aliphatic carbocycles. The van der Waals surface area contributed by atoms with Crippen molar-refractivity contribution in [1.29, 1.82) is 0 Å². The van der Waals surface area contributed by atoms with Gasteiger partial charge in [0.1, 0.15) is 0 Å². The fourth-order valence-corrected chi connectivity index (χ4v) is 3.68. The lowest BCUT2D eigenvalue weighted by Crippen LogP contribution is -2.50. The minimum atomic E-state index is -3.13. The van der Waals surface area contributed by atoms with Crippen molar-refractivity contribution < 1.29 is 33.0 Å². The molecule has 2 N–H and O–H groups in total. The summed E-state index contributed by atoms with van der Waals surface area (Å²) in [6, 6.07) is 3.64. The van der Waals surface area contributed by atoms with E-state index in [-0.39, 0.29) is 11.7 Å². The molecular formula is C13H18N2O7S2. The molecule has 1 aliphatic rings. The third-order valence-electron chi connectivity index (χ3n) is 3.20. The third-order valence-corrected chi connectivity index (χ3v) is 5.94. The van der Waals surface area contributed by atoms with E-state index >= 15 is 0 Å². The molecule has 0 aromatic carbocycles. The van der Waals surface area contributed by atoms with E-state index in [4.69, 9.17) is 19.8 Å². The minimum absolute atomic E-state index is 0.00135. The van der Waals surface area contributed by atoms with Gasteiger partial charge in [0.2, 0.25) is 10.0 Å². The molecule has 2 rings (SSSR count). The first-order chi connectivity index (χ1) is 11.2. The number of rotatable bonds is 3. The van der Waals surface area contributed by atoms with Crippen LogP contribution in [0.3, 0.4) is 0 Å². The Morgan fingerprint density at radius 3 is 2.04 bits per heavy atom. The molecule has 0 spiro atoms. The molecule has 24 heavy (non-hydrogen) atoms. The first kappa shape index (κ1) is 20.1. The zero-order chi connectivity index (χ0) is 18.3. The Kier molecular flexibility index (Phi) is 7.32. The van der Waals surface area contributed by atoms with Crippen LogP contribution in [-0.4, -0.2) is 77.6 Å². The standard InChI is InChI=1S/C11H16N2O3S2.C2H2O4/c1-2-18(15,16)13-7-5-12(6-8-13)11(14)10-4-3-9-17-10;3-1(4)2(5)6/h3-4,9H,2,5-8H2,1H3;(H,3,4)(H,5,6). The van der Waals surface area contributed by atoms with Gasteiger partial charge in [0.05, 0.1) is 10.6 Å². The number of thiophene rings is 1. The van der Waals surface area contributed by atoms with E-state index in [1.807, 2.05) is 11.4 Å². The number of amides is 1. The Hall–Kier alpha value is -1.98. The summed E-state index contributed by atoms with van der Waals surface area (Å²) in [6.45, 7) is 3.37. The second-order valence-corrected chi connectivity index (χ2v) is 7.88. The predicted octanol–water partition coefficient (Wildman–Crippen LogP) is 0.0112. The van der Waals surface area contributed by atoms with Gasteiger partial charge in [0.25, 0.3) is 5.91 Å². The summed E-state index contributed by atoms with van der Waals surface area (Å²) < 4.78 is 24.8. The van der Waals surface area contributed by atoms with E-state index in [2.05, 4.69) is 0 Å². The molecule has 0 unspecified atom stereocenters. The quantitative estimate of drug-likeness (QED) is 0.708. The summed E-state index contributed by atoms with van der Waals surface area (Å²) in [5.41, 5.74) is 0. The SMILES string of the molecule is CCS(=O)(=O)N1CCN(C(=O)c2cccs2)CC1.O=C(O)C(=O)O.